The van der Waals surface area contributed by atoms with Gasteiger partial charge in [0.25, 0.3) is 5.56 Å². The van der Waals surface area contributed by atoms with Crippen LogP contribution in [-0.2, 0) is 4.79 Å². The zero-order chi connectivity index (χ0) is 22.2. The van der Waals surface area contributed by atoms with Gasteiger partial charge in [0.15, 0.2) is 5.82 Å². The van der Waals surface area contributed by atoms with Gasteiger partial charge in [0.1, 0.15) is 17.3 Å². The molecule has 0 spiro atoms. The first-order valence-electron chi connectivity index (χ1n) is 10.3. The van der Waals surface area contributed by atoms with Gasteiger partial charge in [-0.2, -0.15) is 9.78 Å². The van der Waals surface area contributed by atoms with E-state index in [0.29, 0.717) is 33.8 Å². The molecule has 5 nitrogen and oxygen atoms in total. The van der Waals surface area contributed by atoms with Gasteiger partial charge in [0.2, 0.25) is 0 Å². The summed E-state index contributed by atoms with van der Waals surface area (Å²) < 4.78 is 34.3. The van der Waals surface area contributed by atoms with Crippen molar-refractivity contribution in [3.05, 3.63) is 88.7 Å². The Labute approximate surface area is 181 Å². The third-order valence-electron chi connectivity index (χ3n) is 5.71. The molecule has 0 bridgehead atoms. The van der Waals surface area contributed by atoms with Crippen LogP contribution in [0.2, 0.25) is 0 Å². The third kappa shape index (κ3) is 3.56. The second-order valence-corrected chi connectivity index (χ2v) is 7.78. The Hall–Kier alpha value is -3.87. The molecule has 0 saturated heterocycles. The van der Waals surface area contributed by atoms with Crippen LogP contribution in [-0.4, -0.2) is 15.7 Å². The number of fused-ring (bicyclic) bond motifs is 1. The molecule has 1 heterocycles. The Kier molecular flexibility index (Phi) is 5.01. The lowest BCUT2D eigenvalue weighted by Gasteiger charge is -2.23. The highest BCUT2D eigenvalue weighted by Crippen LogP contribution is 2.31. The molecule has 5 rings (SSSR count). The van der Waals surface area contributed by atoms with Crippen LogP contribution in [0.3, 0.4) is 0 Å². The standard InChI is InChI=1S/C25H18F2N2O3/c26-17-11-12-22(21(27)14-17)29-24(30)20-10-2-1-9-19(20)23(28-29)16-7-4-8-18(13-16)32-25(31)15-5-3-6-15/h1-2,4,7-15H,3,5-6H2. The molecule has 0 aliphatic heterocycles. The van der Waals surface area contributed by atoms with Gasteiger partial charge in [-0.3, -0.25) is 9.59 Å². The van der Waals surface area contributed by atoms with Crippen molar-refractivity contribution in [2.45, 2.75) is 19.3 Å². The van der Waals surface area contributed by atoms with E-state index in [2.05, 4.69) is 5.10 Å². The summed E-state index contributed by atoms with van der Waals surface area (Å²) in [5.41, 5.74) is 0.320. The monoisotopic (exact) mass is 432 g/mol. The van der Waals surface area contributed by atoms with Crippen molar-refractivity contribution < 1.29 is 18.3 Å². The van der Waals surface area contributed by atoms with E-state index in [1.807, 2.05) is 0 Å². The average molecular weight is 432 g/mol. The molecule has 160 valence electrons. The first-order valence-corrected chi connectivity index (χ1v) is 10.3. The summed E-state index contributed by atoms with van der Waals surface area (Å²) in [6.07, 6.45) is 2.69. The molecule has 0 N–H and O–H groups in total. The lowest BCUT2D eigenvalue weighted by atomic mass is 9.86. The van der Waals surface area contributed by atoms with E-state index in [-0.39, 0.29) is 17.6 Å². The van der Waals surface area contributed by atoms with Crippen molar-refractivity contribution in [2.24, 2.45) is 5.92 Å². The topological polar surface area (TPSA) is 61.2 Å². The smallest absolute Gasteiger partial charge is 0.314 e. The highest BCUT2D eigenvalue weighted by molar-refractivity contribution is 5.94. The fourth-order valence-corrected chi connectivity index (χ4v) is 3.77. The molecule has 1 aromatic heterocycles. The van der Waals surface area contributed by atoms with Gasteiger partial charge >= 0.3 is 5.97 Å². The molecule has 0 unspecified atom stereocenters. The number of ether oxygens (including phenoxy) is 1. The Morgan fingerprint density at radius 3 is 2.47 bits per heavy atom. The van der Waals surface area contributed by atoms with Crippen LogP contribution >= 0.6 is 0 Å². The second-order valence-electron chi connectivity index (χ2n) is 7.78. The van der Waals surface area contributed by atoms with Crippen LogP contribution < -0.4 is 10.3 Å². The largest absolute Gasteiger partial charge is 0.426 e. The number of halogens is 2. The fraction of sp³-hybridized carbons (Fsp3) is 0.160. The maximum atomic E-state index is 14.5. The maximum Gasteiger partial charge on any atom is 0.314 e. The Bertz CT molecular complexity index is 1410. The van der Waals surface area contributed by atoms with Crippen molar-refractivity contribution in [2.75, 3.05) is 0 Å². The van der Waals surface area contributed by atoms with Crippen molar-refractivity contribution in [1.29, 1.82) is 0 Å². The van der Waals surface area contributed by atoms with Crippen LogP contribution in [0.25, 0.3) is 27.7 Å². The number of hydrogen-bond acceptors (Lipinski definition) is 4. The lowest BCUT2D eigenvalue weighted by molar-refractivity contribution is -0.141. The number of hydrogen-bond donors (Lipinski definition) is 0. The Morgan fingerprint density at radius 2 is 1.75 bits per heavy atom. The molecule has 0 atom stereocenters. The quantitative estimate of drug-likeness (QED) is 0.335. The lowest BCUT2D eigenvalue weighted by Crippen LogP contribution is -2.26. The average Bonchev–Trinajstić information content (AvgIpc) is 2.74. The minimum atomic E-state index is -0.899. The van der Waals surface area contributed by atoms with Crippen molar-refractivity contribution in [3.63, 3.8) is 0 Å². The highest BCUT2D eigenvalue weighted by Gasteiger charge is 2.27. The number of nitrogens with zero attached hydrogens (tertiary/aromatic N) is 2. The maximum absolute atomic E-state index is 14.5. The molecule has 7 heteroatoms. The number of carbonyl (C=O) groups is 1. The Morgan fingerprint density at radius 1 is 0.969 bits per heavy atom. The van der Waals surface area contributed by atoms with Crippen molar-refractivity contribution in [1.82, 2.24) is 9.78 Å². The van der Waals surface area contributed by atoms with Crippen LogP contribution in [0.15, 0.2) is 71.5 Å². The van der Waals surface area contributed by atoms with E-state index in [1.165, 1.54) is 6.07 Å². The summed E-state index contributed by atoms with van der Waals surface area (Å²) in [6, 6.07) is 16.6. The molecule has 1 aliphatic carbocycles. The molecule has 32 heavy (non-hydrogen) atoms. The van der Waals surface area contributed by atoms with E-state index in [4.69, 9.17) is 4.74 Å². The van der Waals surface area contributed by atoms with Gasteiger partial charge in [-0.25, -0.2) is 8.78 Å². The first-order chi connectivity index (χ1) is 15.5. The number of aromatic nitrogens is 2. The van der Waals surface area contributed by atoms with E-state index < -0.39 is 17.2 Å². The number of carbonyl (C=O) groups excluding carboxylic acids is 1. The van der Waals surface area contributed by atoms with Gasteiger partial charge in [-0.15, -0.1) is 0 Å². The molecule has 4 aromatic rings. The minimum absolute atomic E-state index is 0.0685. The number of rotatable bonds is 4. The predicted molar refractivity (Wildman–Crippen MR) is 116 cm³/mol. The second kappa shape index (κ2) is 8.00. The highest BCUT2D eigenvalue weighted by atomic mass is 19.1. The molecule has 0 radical (unpaired) electrons. The van der Waals surface area contributed by atoms with Crippen molar-refractivity contribution in [3.8, 4) is 22.7 Å². The SMILES string of the molecule is O=C(Oc1cccc(-c2nn(-c3ccc(F)cc3F)c(=O)c3ccccc23)c1)C1CCC1. The summed E-state index contributed by atoms with van der Waals surface area (Å²) >= 11 is 0. The van der Waals surface area contributed by atoms with Crippen LogP contribution in [0.4, 0.5) is 8.78 Å². The molecule has 0 amide bonds. The number of benzene rings is 3. The van der Waals surface area contributed by atoms with E-state index in [1.54, 1.807) is 48.5 Å². The summed E-state index contributed by atoms with van der Waals surface area (Å²) in [6.45, 7) is 0. The molecular weight excluding hydrogens is 414 g/mol. The van der Waals surface area contributed by atoms with Gasteiger partial charge in [0.05, 0.1) is 17.0 Å². The van der Waals surface area contributed by atoms with Crippen LogP contribution in [0.5, 0.6) is 5.75 Å². The molecular formula is C25H18F2N2O3. The first kappa shape index (κ1) is 20.1. The summed E-state index contributed by atoms with van der Waals surface area (Å²) in [4.78, 5) is 25.3. The molecule has 1 saturated carbocycles. The fourth-order valence-electron chi connectivity index (χ4n) is 3.77. The number of esters is 1. The Balaban J connectivity index is 1.66. The van der Waals surface area contributed by atoms with Crippen LogP contribution in [0, 0.1) is 17.6 Å². The van der Waals surface area contributed by atoms with E-state index in [9.17, 15) is 18.4 Å². The normalized spacial score (nSPS) is 13.7. The summed E-state index contributed by atoms with van der Waals surface area (Å²) in [7, 11) is 0. The molecule has 1 fully saturated rings. The summed E-state index contributed by atoms with van der Waals surface area (Å²) in [5, 5.41) is 5.32. The van der Waals surface area contributed by atoms with Gasteiger partial charge in [-0.05, 0) is 43.2 Å². The molecule has 1 aliphatic rings. The third-order valence-corrected chi connectivity index (χ3v) is 5.71. The summed E-state index contributed by atoms with van der Waals surface area (Å²) in [5.74, 6) is -1.60. The predicted octanol–water partition coefficient (Wildman–Crippen LogP) is 5.04. The van der Waals surface area contributed by atoms with E-state index in [0.717, 1.165) is 30.0 Å². The minimum Gasteiger partial charge on any atom is -0.426 e. The van der Waals surface area contributed by atoms with Gasteiger partial charge in [0, 0.05) is 17.0 Å². The zero-order valence-electron chi connectivity index (χ0n) is 16.9. The molecule has 3 aromatic carbocycles. The zero-order valence-corrected chi connectivity index (χ0v) is 16.9. The van der Waals surface area contributed by atoms with Gasteiger partial charge < -0.3 is 4.74 Å². The van der Waals surface area contributed by atoms with Gasteiger partial charge in [-0.1, -0.05) is 36.8 Å². The van der Waals surface area contributed by atoms with Crippen molar-refractivity contribution >= 4 is 16.7 Å². The van der Waals surface area contributed by atoms with Crippen LogP contribution in [0.1, 0.15) is 19.3 Å². The van der Waals surface area contributed by atoms with E-state index >= 15 is 0 Å².